The zero-order valence-corrected chi connectivity index (χ0v) is 14.3. The summed E-state index contributed by atoms with van der Waals surface area (Å²) in [4.78, 5) is 15.2. The number of carbonyl (C=O) groups is 1. The number of nitrogens with zero attached hydrogens (tertiary/aromatic N) is 1. The summed E-state index contributed by atoms with van der Waals surface area (Å²) >= 11 is 1.19. The largest absolute Gasteiger partial charge is 0.335 e. The van der Waals surface area contributed by atoms with Crippen LogP contribution in [0.5, 0.6) is 0 Å². The Kier molecular flexibility index (Phi) is 5.06. The van der Waals surface area contributed by atoms with Crippen molar-refractivity contribution in [3.63, 3.8) is 0 Å². The molecule has 1 amide bonds. The van der Waals surface area contributed by atoms with Crippen molar-refractivity contribution in [1.29, 1.82) is 0 Å². The molecule has 2 rings (SSSR count). The van der Waals surface area contributed by atoms with Crippen molar-refractivity contribution in [2.75, 3.05) is 13.6 Å². The SMILES string of the molecule is CNS(=O)(=O)c1csc(C(=O)N2CC(C)CCCC2C)c1. The van der Waals surface area contributed by atoms with E-state index in [0.29, 0.717) is 10.8 Å². The molecule has 1 saturated heterocycles. The Bertz CT molecular complexity index is 609. The number of nitrogens with one attached hydrogen (secondary N) is 1. The first kappa shape index (κ1) is 16.5. The summed E-state index contributed by atoms with van der Waals surface area (Å²) in [5.41, 5.74) is 0. The van der Waals surface area contributed by atoms with Gasteiger partial charge in [-0.05, 0) is 38.8 Å². The van der Waals surface area contributed by atoms with Gasteiger partial charge in [0.25, 0.3) is 5.91 Å². The maximum atomic E-state index is 12.7. The normalized spacial score (nSPS) is 23.9. The molecule has 0 saturated carbocycles. The number of likely N-dealkylation sites (tertiary alicyclic amines) is 1. The van der Waals surface area contributed by atoms with Crippen molar-refractivity contribution >= 4 is 27.3 Å². The Balaban J connectivity index is 2.23. The molecule has 7 heteroatoms. The number of rotatable bonds is 3. The lowest BCUT2D eigenvalue weighted by molar-refractivity contribution is 0.0682. The Morgan fingerprint density at radius 1 is 1.38 bits per heavy atom. The first-order valence-electron chi connectivity index (χ1n) is 7.18. The summed E-state index contributed by atoms with van der Waals surface area (Å²) in [6, 6.07) is 1.68. The Morgan fingerprint density at radius 2 is 2.10 bits per heavy atom. The van der Waals surface area contributed by atoms with Gasteiger partial charge in [0.1, 0.15) is 0 Å². The standard InChI is InChI=1S/C14H22N2O3S2/c1-10-5-4-6-11(2)16(8-10)14(17)13-7-12(9-20-13)21(18,19)15-3/h7,9-11,15H,4-6,8H2,1-3H3. The monoisotopic (exact) mass is 330 g/mol. The van der Waals surface area contributed by atoms with E-state index >= 15 is 0 Å². The van der Waals surface area contributed by atoms with Crippen LogP contribution in [0, 0.1) is 5.92 Å². The maximum absolute atomic E-state index is 12.7. The van der Waals surface area contributed by atoms with Gasteiger partial charge in [-0.3, -0.25) is 4.79 Å². The molecule has 0 bridgehead atoms. The van der Waals surface area contributed by atoms with Crippen LogP contribution in [0.3, 0.4) is 0 Å². The molecule has 1 aliphatic heterocycles. The third kappa shape index (κ3) is 3.64. The fourth-order valence-electron chi connectivity index (χ4n) is 2.64. The van der Waals surface area contributed by atoms with E-state index in [-0.39, 0.29) is 16.8 Å². The Morgan fingerprint density at radius 3 is 2.76 bits per heavy atom. The molecule has 2 atom stereocenters. The molecule has 0 aromatic carbocycles. The highest BCUT2D eigenvalue weighted by Crippen LogP contribution is 2.26. The third-order valence-corrected chi connectivity index (χ3v) is 6.45. The van der Waals surface area contributed by atoms with Gasteiger partial charge in [-0.2, -0.15) is 0 Å². The second-order valence-corrected chi connectivity index (χ2v) is 8.49. The minimum absolute atomic E-state index is 0.0567. The molecular formula is C14H22N2O3S2. The van der Waals surface area contributed by atoms with Crippen molar-refractivity contribution in [3.8, 4) is 0 Å². The van der Waals surface area contributed by atoms with E-state index in [9.17, 15) is 13.2 Å². The quantitative estimate of drug-likeness (QED) is 0.925. The van der Waals surface area contributed by atoms with Crippen LogP contribution >= 0.6 is 11.3 Å². The van der Waals surface area contributed by atoms with Crippen LogP contribution < -0.4 is 4.72 Å². The minimum Gasteiger partial charge on any atom is -0.335 e. The molecule has 1 N–H and O–H groups in total. The predicted octanol–water partition coefficient (Wildman–Crippen LogP) is 2.31. The first-order chi connectivity index (χ1) is 9.85. The van der Waals surface area contributed by atoms with Gasteiger partial charge >= 0.3 is 0 Å². The summed E-state index contributed by atoms with van der Waals surface area (Å²) in [5.74, 6) is 0.429. The van der Waals surface area contributed by atoms with E-state index in [1.165, 1.54) is 29.8 Å². The molecule has 1 aromatic heterocycles. The molecular weight excluding hydrogens is 308 g/mol. The molecule has 0 radical (unpaired) electrons. The van der Waals surface area contributed by atoms with Crippen molar-refractivity contribution in [3.05, 3.63) is 16.3 Å². The van der Waals surface area contributed by atoms with E-state index in [1.54, 1.807) is 0 Å². The minimum atomic E-state index is -3.48. The smallest absolute Gasteiger partial charge is 0.264 e. The predicted molar refractivity (Wildman–Crippen MR) is 84.1 cm³/mol. The topological polar surface area (TPSA) is 66.5 Å². The van der Waals surface area contributed by atoms with Crippen LogP contribution in [0.15, 0.2) is 16.3 Å². The van der Waals surface area contributed by atoms with Crippen LogP contribution in [0.2, 0.25) is 0 Å². The zero-order chi connectivity index (χ0) is 15.6. The number of hydrogen-bond acceptors (Lipinski definition) is 4. The second kappa shape index (κ2) is 6.46. The lowest BCUT2D eigenvalue weighted by Crippen LogP contribution is -2.39. The second-order valence-electron chi connectivity index (χ2n) is 5.70. The van der Waals surface area contributed by atoms with Gasteiger partial charge in [0.15, 0.2) is 0 Å². The van der Waals surface area contributed by atoms with Crippen LogP contribution in [0.4, 0.5) is 0 Å². The molecule has 0 aliphatic carbocycles. The van der Waals surface area contributed by atoms with Gasteiger partial charge in [0, 0.05) is 18.0 Å². The van der Waals surface area contributed by atoms with Crippen molar-refractivity contribution < 1.29 is 13.2 Å². The molecule has 2 unspecified atom stereocenters. The lowest BCUT2D eigenvalue weighted by Gasteiger charge is -2.28. The molecule has 2 heterocycles. The fourth-order valence-corrected chi connectivity index (χ4v) is 4.60. The zero-order valence-electron chi connectivity index (χ0n) is 12.6. The Hall–Kier alpha value is -0.920. The average Bonchev–Trinajstić information content (AvgIpc) is 2.88. The highest BCUT2D eigenvalue weighted by atomic mass is 32.2. The molecule has 21 heavy (non-hydrogen) atoms. The summed E-state index contributed by atoms with van der Waals surface area (Å²) in [7, 11) is -2.12. The van der Waals surface area contributed by atoms with Gasteiger partial charge in [-0.15, -0.1) is 11.3 Å². The van der Waals surface area contributed by atoms with E-state index in [4.69, 9.17) is 0 Å². The fraction of sp³-hybridized carbons (Fsp3) is 0.643. The molecule has 5 nitrogen and oxygen atoms in total. The van der Waals surface area contributed by atoms with Crippen molar-refractivity contribution in [1.82, 2.24) is 9.62 Å². The third-order valence-electron chi connectivity index (χ3n) is 3.99. The number of amides is 1. The van der Waals surface area contributed by atoms with E-state index in [2.05, 4.69) is 18.6 Å². The van der Waals surface area contributed by atoms with Gasteiger partial charge in [0.2, 0.25) is 10.0 Å². The summed E-state index contributed by atoms with van der Waals surface area (Å²) in [6.45, 7) is 4.96. The molecule has 1 aromatic rings. The van der Waals surface area contributed by atoms with Crippen LogP contribution in [0.1, 0.15) is 42.8 Å². The van der Waals surface area contributed by atoms with Gasteiger partial charge in [-0.1, -0.05) is 13.3 Å². The Labute approximate surface area is 130 Å². The number of carbonyl (C=O) groups excluding carboxylic acids is 1. The highest BCUT2D eigenvalue weighted by Gasteiger charge is 2.27. The van der Waals surface area contributed by atoms with E-state index in [0.717, 1.165) is 25.8 Å². The van der Waals surface area contributed by atoms with Crippen LogP contribution in [0.25, 0.3) is 0 Å². The van der Waals surface area contributed by atoms with Crippen molar-refractivity contribution in [2.24, 2.45) is 5.92 Å². The highest BCUT2D eigenvalue weighted by molar-refractivity contribution is 7.89. The van der Waals surface area contributed by atoms with Crippen LogP contribution in [-0.4, -0.2) is 38.9 Å². The van der Waals surface area contributed by atoms with Gasteiger partial charge in [-0.25, -0.2) is 13.1 Å². The van der Waals surface area contributed by atoms with E-state index < -0.39 is 10.0 Å². The van der Waals surface area contributed by atoms with Crippen molar-refractivity contribution in [2.45, 2.75) is 44.0 Å². The van der Waals surface area contributed by atoms with Gasteiger partial charge in [0.05, 0.1) is 9.77 Å². The number of sulfonamides is 1. The van der Waals surface area contributed by atoms with Crippen LogP contribution in [-0.2, 0) is 10.0 Å². The molecule has 0 spiro atoms. The lowest BCUT2D eigenvalue weighted by atomic mass is 10.1. The summed E-state index contributed by atoms with van der Waals surface area (Å²) in [5, 5.41) is 1.52. The summed E-state index contributed by atoms with van der Waals surface area (Å²) < 4.78 is 25.8. The summed E-state index contributed by atoms with van der Waals surface area (Å²) in [6.07, 6.45) is 3.27. The maximum Gasteiger partial charge on any atom is 0.264 e. The first-order valence-corrected chi connectivity index (χ1v) is 9.54. The molecule has 118 valence electrons. The molecule has 1 aliphatic rings. The molecule has 1 fully saturated rings. The number of thiophene rings is 1. The van der Waals surface area contributed by atoms with E-state index in [1.807, 2.05) is 4.90 Å². The number of hydrogen-bond donors (Lipinski definition) is 1. The van der Waals surface area contributed by atoms with Gasteiger partial charge < -0.3 is 4.90 Å². The average molecular weight is 330 g/mol.